The van der Waals surface area contributed by atoms with Crippen molar-refractivity contribution in [2.75, 3.05) is 27.9 Å². The first-order valence-electron chi connectivity index (χ1n) is 6.45. The average Bonchev–Trinajstić information content (AvgIpc) is 2.44. The van der Waals surface area contributed by atoms with Crippen molar-refractivity contribution in [3.8, 4) is 0 Å². The van der Waals surface area contributed by atoms with Gasteiger partial charge in [0, 0.05) is 12.8 Å². The lowest BCUT2D eigenvalue weighted by Crippen LogP contribution is -1.91. The van der Waals surface area contributed by atoms with Crippen LogP contribution in [-0.2, 0) is 14.2 Å². The fourth-order valence-electron chi connectivity index (χ4n) is 1.55. The van der Waals surface area contributed by atoms with Crippen molar-refractivity contribution >= 4 is 0 Å². The minimum absolute atomic E-state index is 0.00507. The molecule has 4 heteroatoms. The molecule has 0 amide bonds. The van der Waals surface area contributed by atoms with Gasteiger partial charge in [0.05, 0.1) is 45.2 Å². The predicted molar refractivity (Wildman–Crippen MR) is 76.5 cm³/mol. The number of rotatable bonds is 10. The standard InChI is InChI=1S/C15H26O4/c1-13(17-2)7-5-8-14(18-3)9-6-10-15(19-4)11-12-16/h7,9,11,16H,5-6,8,10,12H2,1-4H3. The van der Waals surface area contributed by atoms with Crippen LogP contribution < -0.4 is 0 Å². The molecule has 0 aliphatic carbocycles. The van der Waals surface area contributed by atoms with Gasteiger partial charge in [0.25, 0.3) is 0 Å². The smallest absolute Gasteiger partial charge is 0.0941 e. The van der Waals surface area contributed by atoms with Gasteiger partial charge in [-0.15, -0.1) is 0 Å². The fourth-order valence-corrected chi connectivity index (χ4v) is 1.55. The number of ether oxygens (including phenoxy) is 3. The van der Waals surface area contributed by atoms with Gasteiger partial charge in [0.15, 0.2) is 0 Å². The minimum Gasteiger partial charge on any atom is -0.502 e. The van der Waals surface area contributed by atoms with E-state index in [9.17, 15) is 0 Å². The second-order valence-electron chi connectivity index (χ2n) is 4.03. The van der Waals surface area contributed by atoms with Crippen LogP contribution in [0.4, 0.5) is 0 Å². The molecule has 0 spiro atoms. The van der Waals surface area contributed by atoms with Crippen LogP contribution in [0, 0.1) is 0 Å². The predicted octanol–water partition coefficient (Wildman–Crippen LogP) is 3.15. The maximum atomic E-state index is 8.80. The monoisotopic (exact) mass is 270 g/mol. The average molecular weight is 270 g/mol. The van der Waals surface area contributed by atoms with E-state index in [1.807, 2.05) is 13.0 Å². The Morgan fingerprint density at radius 2 is 1.37 bits per heavy atom. The lowest BCUT2D eigenvalue weighted by atomic mass is 10.2. The largest absolute Gasteiger partial charge is 0.502 e. The van der Waals surface area contributed by atoms with Crippen molar-refractivity contribution in [3.05, 3.63) is 35.5 Å². The molecule has 1 N–H and O–H groups in total. The summed E-state index contributed by atoms with van der Waals surface area (Å²) in [7, 11) is 4.96. The summed E-state index contributed by atoms with van der Waals surface area (Å²) < 4.78 is 15.5. The van der Waals surface area contributed by atoms with Crippen LogP contribution in [0.15, 0.2) is 35.5 Å². The second kappa shape index (κ2) is 11.7. The molecule has 0 radical (unpaired) electrons. The number of aliphatic hydroxyl groups excluding tert-OH is 1. The normalized spacial score (nSPS) is 13.4. The van der Waals surface area contributed by atoms with E-state index in [1.54, 1.807) is 27.4 Å². The zero-order valence-electron chi connectivity index (χ0n) is 12.4. The third kappa shape index (κ3) is 9.19. The van der Waals surface area contributed by atoms with E-state index in [0.717, 1.165) is 43.0 Å². The molecular weight excluding hydrogens is 244 g/mol. The topological polar surface area (TPSA) is 47.9 Å². The third-order valence-electron chi connectivity index (χ3n) is 2.75. The van der Waals surface area contributed by atoms with E-state index in [0.29, 0.717) is 0 Å². The molecule has 0 aliphatic heterocycles. The molecule has 0 aliphatic rings. The molecule has 19 heavy (non-hydrogen) atoms. The van der Waals surface area contributed by atoms with Crippen molar-refractivity contribution in [1.82, 2.24) is 0 Å². The zero-order valence-corrected chi connectivity index (χ0v) is 12.4. The van der Waals surface area contributed by atoms with Crippen molar-refractivity contribution < 1.29 is 19.3 Å². The maximum absolute atomic E-state index is 8.80. The first-order valence-corrected chi connectivity index (χ1v) is 6.45. The molecule has 0 heterocycles. The molecule has 0 atom stereocenters. The Morgan fingerprint density at radius 1 is 0.842 bits per heavy atom. The molecule has 4 nitrogen and oxygen atoms in total. The van der Waals surface area contributed by atoms with E-state index >= 15 is 0 Å². The van der Waals surface area contributed by atoms with Crippen LogP contribution in [0.5, 0.6) is 0 Å². The second-order valence-corrected chi connectivity index (χ2v) is 4.03. The number of hydrogen-bond donors (Lipinski definition) is 1. The van der Waals surface area contributed by atoms with Crippen LogP contribution in [0.3, 0.4) is 0 Å². The van der Waals surface area contributed by atoms with Gasteiger partial charge in [-0.3, -0.25) is 0 Å². The summed E-state index contributed by atoms with van der Waals surface area (Å²) in [6, 6.07) is 0. The molecular formula is C15H26O4. The van der Waals surface area contributed by atoms with Gasteiger partial charge in [-0.2, -0.15) is 0 Å². The van der Waals surface area contributed by atoms with Crippen LogP contribution >= 0.6 is 0 Å². The van der Waals surface area contributed by atoms with E-state index < -0.39 is 0 Å². The Kier molecular flexibility index (Phi) is 10.8. The van der Waals surface area contributed by atoms with Gasteiger partial charge in [-0.25, -0.2) is 0 Å². The summed E-state index contributed by atoms with van der Waals surface area (Å²) in [5.74, 6) is 2.67. The van der Waals surface area contributed by atoms with E-state index in [4.69, 9.17) is 19.3 Å². The van der Waals surface area contributed by atoms with Crippen molar-refractivity contribution in [3.63, 3.8) is 0 Å². The summed E-state index contributed by atoms with van der Waals surface area (Å²) in [4.78, 5) is 0. The summed E-state index contributed by atoms with van der Waals surface area (Å²) in [5.41, 5.74) is 0. The molecule has 0 aromatic carbocycles. The van der Waals surface area contributed by atoms with Gasteiger partial charge in [0.2, 0.25) is 0 Å². The highest BCUT2D eigenvalue weighted by atomic mass is 16.5. The quantitative estimate of drug-likeness (QED) is 0.619. The van der Waals surface area contributed by atoms with Crippen molar-refractivity contribution in [2.45, 2.75) is 32.6 Å². The Morgan fingerprint density at radius 3 is 1.84 bits per heavy atom. The Labute approximate surface area is 116 Å². The van der Waals surface area contributed by atoms with E-state index in [2.05, 4.69) is 6.08 Å². The molecule has 0 aromatic heterocycles. The number of hydrogen-bond acceptors (Lipinski definition) is 4. The Hall–Kier alpha value is -1.42. The summed E-state index contributed by atoms with van der Waals surface area (Å²) in [6.07, 6.45) is 9.10. The summed E-state index contributed by atoms with van der Waals surface area (Å²) in [5, 5.41) is 8.80. The van der Waals surface area contributed by atoms with Gasteiger partial charge in [-0.05, 0) is 38.0 Å². The van der Waals surface area contributed by atoms with Gasteiger partial charge in [-0.1, -0.05) is 0 Å². The van der Waals surface area contributed by atoms with Crippen molar-refractivity contribution in [1.29, 1.82) is 0 Å². The van der Waals surface area contributed by atoms with E-state index in [1.165, 1.54) is 0 Å². The SMILES string of the molecule is COC(C)=CCCC(=CCCC(=CCO)OC)OC. The lowest BCUT2D eigenvalue weighted by Gasteiger charge is -2.07. The first-order chi connectivity index (χ1) is 9.17. The Balaban J connectivity index is 4.15. The number of methoxy groups -OCH3 is 3. The highest BCUT2D eigenvalue weighted by molar-refractivity contribution is 5.00. The van der Waals surface area contributed by atoms with Crippen molar-refractivity contribution in [2.24, 2.45) is 0 Å². The van der Waals surface area contributed by atoms with Gasteiger partial charge >= 0.3 is 0 Å². The molecule has 0 unspecified atom stereocenters. The number of aliphatic hydroxyl groups is 1. The molecule has 0 rings (SSSR count). The summed E-state index contributed by atoms with van der Waals surface area (Å²) in [6.45, 7) is 1.94. The van der Waals surface area contributed by atoms with Gasteiger partial charge in [0.1, 0.15) is 0 Å². The molecule has 0 saturated carbocycles. The van der Waals surface area contributed by atoms with Gasteiger partial charge < -0.3 is 19.3 Å². The van der Waals surface area contributed by atoms with E-state index in [-0.39, 0.29) is 6.61 Å². The van der Waals surface area contributed by atoms with Crippen LogP contribution in [-0.4, -0.2) is 33.0 Å². The maximum Gasteiger partial charge on any atom is 0.0941 e. The highest BCUT2D eigenvalue weighted by Crippen LogP contribution is 2.13. The van der Waals surface area contributed by atoms with Crippen LogP contribution in [0.2, 0.25) is 0 Å². The Bertz CT molecular complexity index is 316. The summed E-state index contributed by atoms with van der Waals surface area (Å²) >= 11 is 0. The zero-order chi connectivity index (χ0) is 14.5. The third-order valence-corrected chi connectivity index (χ3v) is 2.75. The lowest BCUT2D eigenvalue weighted by molar-refractivity contribution is 0.262. The first kappa shape index (κ1) is 17.6. The minimum atomic E-state index is 0.00507. The van der Waals surface area contributed by atoms with Crippen LogP contribution in [0.25, 0.3) is 0 Å². The van der Waals surface area contributed by atoms with Crippen LogP contribution in [0.1, 0.15) is 32.6 Å². The molecule has 0 aromatic rings. The molecule has 110 valence electrons. The molecule has 0 saturated heterocycles. The molecule has 0 fully saturated rings. The number of allylic oxidation sites excluding steroid dienone is 5. The fraction of sp³-hybridized carbons (Fsp3) is 0.600. The molecule has 0 bridgehead atoms. The highest BCUT2D eigenvalue weighted by Gasteiger charge is 1.98.